The maximum Gasteiger partial charge on any atom is 0.410 e. The number of likely N-dealkylation sites (tertiary alicyclic amines) is 1. The van der Waals surface area contributed by atoms with Crippen LogP contribution in [0.25, 0.3) is 11.0 Å². The Labute approximate surface area is 154 Å². The van der Waals surface area contributed by atoms with E-state index in [2.05, 4.69) is 9.97 Å². The molecule has 1 saturated heterocycles. The van der Waals surface area contributed by atoms with Crippen LogP contribution in [0, 0.1) is 0 Å². The van der Waals surface area contributed by atoms with Crippen molar-refractivity contribution in [3.8, 4) is 6.01 Å². The van der Waals surface area contributed by atoms with E-state index in [0.717, 1.165) is 49.7 Å². The molecule has 0 bridgehead atoms. The van der Waals surface area contributed by atoms with Gasteiger partial charge in [-0.2, -0.15) is 4.98 Å². The molecule has 0 unspecified atom stereocenters. The summed E-state index contributed by atoms with van der Waals surface area (Å²) in [6.45, 7) is 7.09. The van der Waals surface area contributed by atoms with Crippen LogP contribution in [0.5, 0.6) is 6.01 Å². The molecule has 1 fully saturated rings. The molecule has 1 aliphatic rings. The monoisotopic (exact) mass is 359 g/mol. The quantitative estimate of drug-likeness (QED) is 0.798. The molecule has 0 radical (unpaired) electrons. The Morgan fingerprint density at radius 3 is 2.88 bits per heavy atom. The maximum absolute atomic E-state index is 12.4. The van der Waals surface area contributed by atoms with Crippen LogP contribution in [-0.4, -0.2) is 45.8 Å². The predicted octanol–water partition coefficient (Wildman–Crippen LogP) is 4.51. The molecule has 2 heterocycles. The van der Waals surface area contributed by atoms with E-state index < -0.39 is 5.60 Å². The molecule has 1 amide bonds. The molecule has 3 rings (SSSR count). The topological polar surface area (TPSA) is 67.4 Å². The van der Waals surface area contributed by atoms with E-state index in [1.165, 1.54) is 0 Å². The molecule has 0 saturated carbocycles. The summed E-state index contributed by atoms with van der Waals surface area (Å²) in [7, 11) is 0. The van der Waals surface area contributed by atoms with Crippen molar-refractivity contribution in [1.29, 1.82) is 0 Å². The Kier molecular flexibility index (Phi) is 5.69. The van der Waals surface area contributed by atoms with Gasteiger partial charge in [0.05, 0.1) is 17.6 Å². The molecule has 142 valence electrons. The SMILES string of the molecule is CC(C)(C)OC(=O)N1CCCC[C@@H]1CCCOc1nc2ccccc2[nH]1. The number of nitrogens with zero attached hydrogens (tertiary/aromatic N) is 2. The first kappa shape index (κ1) is 18.5. The second-order valence-electron chi connectivity index (χ2n) is 7.87. The fraction of sp³-hybridized carbons (Fsp3) is 0.600. The lowest BCUT2D eigenvalue weighted by Gasteiger charge is -2.36. The number of nitrogens with one attached hydrogen (secondary N) is 1. The number of ether oxygens (including phenoxy) is 2. The summed E-state index contributed by atoms with van der Waals surface area (Å²) in [5, 5.41) is 0. The van der Waals surface area contributed by atoms with Crippen LogP contribution in [0.1, 0.15) is 52.9 Å². The van der Waals surface area contributed by atoms with Crippen molar-refractivity contribution in [2.24, 2.45) is 0 Å². The number of piperidine rings is 1. The predicted molar refractivity (Wildman–Crippen MR) is 101 cm³/mol. The number of aromatic amines is 1. The molecule has 26 heavy (non-hydrogen) atoms. The number of imidazole rings is 1. The van der Waals surface area contributed by atoms with Crippen molar-refractivity contribution in [3.05, 3.63) is 24.3 Å². The van der Waals surface area contributed by atoms with Gasteiger partial charge in [-0.15, -0.1) is 0 Å². The van der Waals surface area contributed by atoms with E-state index in [1.54, 1.807) is 0 Å². The van der Waals surface area contributed by atoms with Gasteiger partial charge in [-0.05, 0) is 65.0 Å². The lowest BCUT2D eigenvalue weighted by Crippen LogP contribution is -2.46. The third-order valence-corrected chi connectivity index (χ3v) is 4.54. The second-order valence-corrected chi connectivity index (χ2v) is 7.87. The van der Waals surface area contributed by atoms with Crippen molar-refractivity contribution in [2.75, 3.05) is 13.2 Å². The van der Waals surface area contributed by atoms with Gasteiger partial charge >= 0.3 is 6.09 Å². The number of H-pyrrole nitrogens is 1. The van der Waals surface area contributed by atoms with Crippen LogP contribution in [0.4, 0.5) is 4.79 Å². The van der Waals surface area contributed by atoms with Gasteiger partial charge in [0.2, 0.25) is 0 Å². The van der Waals surface area contributed by atoms with Gasteiger partial charge < -0.3 is 19.4 Å². The first-order valence-corrected chi connectivity index (χ1v) is 9.49. The van der Waals surface area contributed by atoms with E-state index >= 15 is 0 Å². The highest BCUT2D eigenvalue weighted by molar-refractivity contribution is 5.75. The second kappa shape index (κ2) is 7.98. The number of carbonyl (C=O) groups excluding carboxylic acids is 1. The smallest absolute Gasteiger partial charge is 0.410 e. The van der Waals surface area contributed by atoms with Crippen LogP contribution in [0.3, 0.4) is 0 Å². The average Bonchev–Trinajstić information content (AvgIpc) is 3.00. The first-order valence-electron chi connectivity index (χ1n) is 9.49. The highest BCUT2D eigenvalue weighted by Crippen LogP contribution is 2.23. The van der Waals surface area contributed by atoms with E-state index in [0.29, 0.717) is 12.6 Å². The third-order valence-electron chi connectivity index (χ3n) is 4.54. The van der Waals surface area contributed by atoms with E-state index in [4.69, 9.17) is 9.47 Å². The van der Waals surface area contributed by atoms with Gasteiger partial charge in [-0.25, -0.2) is 4.79 Å². The zero-order valence-electron chi connectivity index (χ0n) is 16.0. The van der Waals surface area contributed by atoms with E-state index in [-0.39, 0.29) is 12.1 Å². The van der Waals surface area contributed by atoms with Crippen LogP contribution in [0.15, 0.2) is 24.3 Å². The number of hydrogen-bond acceptors (Lipinski definition) is 4. The van der Waals surface area contributed by atoms with Crippen molar-refractivity contribution in [3.63, 3.8) is 0 Å². The molecular formula is C20H29N3O3. The Morgan fingerprint density at radius 2 is 2.12 bits per heavy atom. The van der Waals surface area contributed by atoms with Crippen LogP contribution in [-0.2, 0) is 4.74 Å². The largest absolute Gasteiger partial charge is 0.465 e. The lowest BCUT2D eigenvalue weighted by molar-refractivity contribution is 0.00820. The standard InChI is InChI=1S/C20H29N3O3/c1-20(2,3)26-19(24)23-13-7-6-9-15(23)10-8-14-25-18-21-16-11-4-5-12-17(16)22-18/h4-5,11-12,15H,6-10,13-14H2,1-3H3,(H,21,22)/t15-/m1/s1. The summed E-state index contributed by atoms with van der Waals surface area (Å²) in [5.74, 6) is 0. The third kappa shape index (κ3) is 4.90. The number of amides is 1. The Morgan fingerprint density at radius 1 is 1.31 bits per heavy atom. The summed E-state index contributed by atoms with van der Waals surface area (Å²) < 4.78 is 11.3. The molecule has 6 heteroatoms. The number of benzene rings is 1. The molecule has 2 aromatic rings. The van der Waals surface area contributed by atoms with E-state index in [9.17, 15) is 4.79 Å². The average molecular weight is 359 g/mol. The van der Waals surface area contributed by atoms with Crippen LogP contribution in [0.2, 0.25) is 0 Å². The minimum Gasteiger partial charge on any atom is -0.465 e. The first-order chi connectivity index (χ1) is 12.4. The summed E-state index contributed by atoms with van der Waals surface area (Å²) >= 11 is 0. The molecule has 1 N–H and O–H groups in total. The zero-order valence-corrected chi connectivity index (χ0v) is 16.0. The Balaban J connectivity index is 1.48. The van der Waals surface area contributed by atoms with Gasteiger partial charge in [0.25, 0.3) is 6.01 Å². The maximum atomic E-state index is 12.4. The number of aromatic nitrogens is 2. The fourth-order valence-corrected chi connectivity index (χ4v) is 3.35. The highest BCUT2D eigenvalue weighted by atomic mass is 16.6. The molecular weight excluding hydrogens is 330 g/mol. The van der Waals surface area contributed by atoms with Gasteiger partial charge in [0, 0.05) is 12.6 Å². The molecule has 1 aromatic carbocycles. The highest BCUT2D eigenvalue weighted by Gasteiger charge is 2.30. The molecule has 1 atom stereocenters. The van der Waals surface area contributed by atoms with Gasteiger partial charge in [-0.3, -0.25) is 0 Å². The Bertz CT molecular complexity index is 702. The van der Waals surface area contributed by atoms with Gasteiger partial charge in [-0.1, -0.05) is 12.1 Å². The fourth-order valence-electron chi connectivity index (χ4n) is 3.35. The van der Waals surface area contributed by atoms with Crippen molar-refractivity contribution >= 4 is 17.1 Å². The van der Waals surface area contributed by atoms with Gasteiger partial charge in [0.1, 0.15) is 5.60 Å². The summed E-state index contributed by atoms with van der Waals surface area (Å²) in [6, 6.07) is 8.66. The van der Waals surface area contributed by atoms with E-state index in [1.807, 2.05) is 49.9 Å². The molecule has 6 nitrogen and oxygen atoms in total. The van der Waals surface area contributed by atoms with Crippen molar-refractivity contribution in [1.82, 2.24) is 14.9 Å². The number of fused-ring (bicyclic) bond motifs is 1. The molecule has 0 spiro atoms. The lowest BCUT2D eigenvalue weighted by atomic mass is 9.98. The normalized spacial score (nSPS) is 18.1. The molecule has 0 aliphatic carbocycles. The summed E-state index contributed by atoms with van der Waals surface area (Å²) in [4.78, 5) is 21.9. The van der Waals surface area contributed by atoms with Crippen molar-refractivity contribution < 1.29 is 14.3 Å². The number of carbonyl (C=O) groups is 1. The molecule has 1 aromatic heterocycles. The summed E-state index contributed by atoms with van der Waals surface area (Å²) in [6.07, 6.45) is 4.84. The molecule has 1 aliphatic heterocycles. The minimum absolute atomic E-state index is 0.194. The summed E-state index contributed by atoms with van der Waals surface area (Å²) in [5.41, 5.74) is 1.43. The minimum atomic E-state index is -0.455. The van der Waals surface area contributed by atoms with Gasteiger partial charge in [0.15, 0.2) is 0 Å². The van der Waals surface area contributed by atoms with Crippen LogP contribution < -0.4 is 4.74 Å². The Hall–Kier alpha value is -2.24. The van der Waals surface area contributed by atoms with Crippen LogP contribution >= 0.6 is 0 Å². The number of hydrogen-bond donors (Lipinski definition) is 1. The number of rotatable bonds is 5. The number of para-hydroxylation sites is 2. The zero-order chi connectivity index (χ0) is 18.6. The van der Waals surface area contributed by atoms with Crippen molar-refractivity contribution in [2.45, 2.75) is 64.5 Å².